The molecule has 30 heavy (non-hydrogen) atoms. The molecule has 4 aromatic rings. The molecule has 3 aromatic carbocycles. The van der Waals surface area contributed by atoms with Crippen molar-refractivity contribution in [2.45, 2.75) is 26.9 Å². The smallest absolute Gasteiger partial charge is 0.0609 e. The summed E-state index contributed by atoms with van der Waals surface area (Å²) >= 11 is 12.5. The molecule has 0 bridgehead atoms. The topological polar surface area (TPSA) is 29.3 Å². The zero-order valence-corrected chi connectivity index (χ0v) is 18.5. The molecule has 0 unspecified atom stereocenters. The monoisotopic (exact) mass is 435 g/mol. The van der Waals surface area contributed by atoms with E-state index in [1.807, 2.05) is 24.4 Å². The number of nitrogens with one attached hydrogen (secondary N) is 1. The number of aromatic nitrogens is 1. The van der Waals surface area contributed by atoms with Crippen molar-refractivity contribution in [2.24, 2.45) is 5.10 Å². The lowest BCUT2D eigenvalue weighted by Gasteiger charge is -2.09. The fraction of sp³-hybridized carbons (Fsp3) is 0.160. The molecule has 0 atom stereocenters. The average Bonchev–Trinajstić information content (AvgIpc) is 3.00. The Morgan fingerprint density at radius 1 is 0.900 bits per heavy atom. The van der Waals surface area contributed by atoms with E-state index in [2.05, 4.69) is 77.5 Å². The molecule has 1 N–H and O–H groups in total. The Morgan fingerprint density at radius 3 is 2.33 bits per heavy atom. The minimum absolute atomic E-state index is 0.468. The number of aryl methyl sites for hydroxylation is 1. The first-order valence-electron chi connectivity index (χ1n) is 9.87. The van der Waals surface area contributed by atoms with E-state index < -0.39 is 0 Å². The van der Waals surface area contributed by atoms with E-state index in [0.717, 1.165) is 17.7 Å². The summed E-state index contributed by atoms with van der Waals surface area (Å²) < 4.78 is 2.34. The van der Waals surface area contributed by atoms with Crippen LogP contribution in [-0.4, -0.2) is 10.8 Å². The molecule has 0 aliphatic rings. The van der Waals surface area contributed by atoms with Crippen LogP contribution in [0.25, 0.3) is 10.9 Å². The lowest BCUT2D eigenvalue weighted by molar-refractivity contribution is 0.748. The second-order valence-electron chi connectivity index (χ2n) is 7.38. The molecule has 0 fully saturated rings. The summed E-state index contributed by atoms with van der Waals surface area (Å²) in [5.74, 6) is 0. The number of benzene rings is 3. The number of hydrogen-bond donors (Lipinski definition) is 1. The summed E-state index contributed by atoms with van der Waals surface area (Å²) in [6.45, 7) is 5.54. The summed E-state index contributed by atoms with van der Waals surface area (Å²) in [4.78, 5) is 0. The zero-order valence-electron chi connectivity index (χ0n) is 17.0. The molecule has 5 heteroatoms. The SMILES string of the molecule is Cc1ccc(Cn2c(C)c(/C=N\NCc3c(Cl)cccc3Cl)c3ccccc32)cc1. The molecule has 0 saturated heterocycles. The highest BCUT2D eigenvalue weighted by molar-refractivity contribution is 6.35. The molecular weight excluding hydrogens is 413 g/mol. The quantitative estimate of drug-likeness (QED) is 0.263. The van der Waals surface area contributed by atoms with Crippen molar-refractivity contribution < 1.29 is 0 Å². The molecular formula is C25H23Cl2N3. The van der Waals surface area contributed by atoms with Gasteiger partial charge in [0.05, 0.1) is 12.8 Å². The Hall–Kier alpha value is -2.75. The normalized spacial score (nSPS) is 11.5. The summed E-state index contributed by atoms with van der Waals surface area (Å²) in [6.07, 6.45) is 1.88. The highest BCUT2D eigenvalue weighted by atomic mass is 35.5. The lowest BCUT2D eigenvalue weighted by Crippen LogP contribution is -2.07. The maximum atomic E-state index is 6.24. The first-order valence-corrected chi connectivity index (χ1v) is 10.6. The van der Waals surface area contributed by atoms with Crippen LogP contribution in [0.3, 0.4) is 0 Å². The minimum Gasteiger partial charge on any atom is -0.340 e. The van der Waals surface area contributed by atoms with E-state index in [-0.39, 0.29) is 0 Å². The third kappa shape index (κ3) is 4.23. The van der Waals surface area contributed by atoms with Gasteiger partial charge in [0.2, 0.25) is 0 Å². The summed E-state index contributed by atoms with van der Waals surface area (Å²) in [5.41, 5.74) is 9.96. The number of hydrogen-bond acceptors (Lipinski definition) is 2. The Labute approximate surface area is 186 Å². The predicted octanol–water partition coefficient (Wildman–Crippen LogP) is 6.74. The van der Waals surface area contributed by atoms with Crippen LogP contribution >= 0.6 is 23.2 Å². The molecule has 0 radical (unpaired) electrons. The molecule has 0 aliphatic carbocycles. The maximum Gasteiger partial charge on any atom is 0.0609 e. The van der Waals surface area contributed by atoms with Crippen molar-refractivity contribution in [3.8, 4) is 0 Å². The number of rotatable bonds is 6. The first-order chi connectivity index (χ1) is 14.5. The fourth-order valence-electron chi connectivity index (χ4n) is 3.64. The van der Waals surface area contributed by atoms with Crippen LogP contribution in [0.4, 0.5) is 0 Å². The van der Waals surface area contributed by atoms with E-state index in [1.54, 1.807) is 0 Å². The molecule has 0 aliphatic heterocycles. The van der Waals surface area contributed by atoms with E-state index in [1.165, 1.54) is 27.7 Å². The summed E-state index contributed by atoms with van der Waals surface area (Å²) in [5, 5.41) is 6.91. The van der Waals surface area contributed by atoms with Crippen LogP contribution in [0.1, 0.15) is 27.9 Å². The number of fused-ring (bicyclic) bond motifs is 1. The van der Waals surface area contributed by atoms with Crippen LogP contribution in [0.2, 0.25) is 10.0 Å². The van der Waals surface area contributed by atoms with Crippen LogP contribution in [0.5, 0.6) is 0 Å². The number of halogens is 2. The third-order valence-electron chi connectivity index (χ3n) is 5.34. The van der Waals surface area contributed by atoms with Crippen molar-refractivity contribution >= 4 is 40.3 Å². The van der Waals surface area contributed by atoms with Gasteiger partial charge in [-0.05, 0) is 37.6 Å². The second kappa shape index (κ2) is 8.95. The molecule has 3 nitrogen and oxygen atoms in total. The Morgan fingerprint density at radius 2 is 1.60 bits per heavy atom. The van der Waals surface area contributed by atoms with Crippen molar-refractivity contribution in [1.82, 2.24) is 9.99 Å². The highest BCUT2D eigenvalue weighted by Crippen LogP contribution is 2.26. The van der Waals surface area contributed by atoms with Gasteiger partial charge in [0.15, 0.2) is 0 Å². The molecule has 1 heterocycles. The lowest BCUT2D eigenvalue weighted by atomic mass is 10.1. The summed E-state index contributed by atoms with van der Waals surface area (Å²) in [7, 11) is 0. The third-order valence-corrected chi connectivity index (χ3v) is 6.05. The molecule has 0 amide bonds. The van der Waals surface area contributed by atoms with Crippen molar-refractivity contribution in [3.63, 3.8) is 0 Å². The van der Waals surface area contributed by atoms with Crippen molar-refractivity contribution in [1.29, 1.82) is 0 Å². The van der Waals surface area contributed by atoms with E-state index in [9.17, 15) is 0 Å². The number of hydrazone groups is 1. The fourth-order valence-corrected chi connectivity index (χ4v) is 4.17. The minimum atomic E-state index is 0.468. The molecule has 4 rings (SSSR count). The van der Waals surface area contributed by atoms with E-state index in [0.29, 0.717) is 16.6 Å². The highest BCUT2D eigenvalue weighted by Gasteiger charge is 2.12. The number of para-hydroxylation sites is 1. The van der Waals surface area contributed by atoms with Gasteiger partial charge < -0.3 is 9.99 Å². The number of nitrogens with zero attached hydrogens (tertiary/aromatic N) is 2. The van der Waals surface area contributed by atoms with Gasteiger partial charge in [-0.1, -0.05) is 77.3 Å². The second-order valence-corrected chi connectivity index (χ2v) is 8.20. The Bertz CT molecular complexity index is 1190. The zero-order chi connectivity index (χ0) is 21.1. The molecule has 0 spiro atoms. The van der Waals surface area contributed by atoms with E-state index >= 15 is 0 Å². The van der Waals surface area contributed by atoms with Crippen LogP contribution < -0.4 is 5.43 Å². The van der Waals surface area contributed by atoms with Gasteiger partial charge in [-0.25, -0.2) is 0 Å². The van der Waals surface area contributed by atoms with Crippen LogP contribution in [0, 0.1) is 13.8 Å². The first kappa shape index (κ1) is 20.5. The molecule has 152 valence electrons. The van der Waals surface area contributed by atoms with Gasteiger partial charge in [0.25, 0.3) is 0 Å². The standard InChI is InChI=1S/C25H23Cl2N3/c1-17-10-12-19(13-11-17)16-30-18(2)21(20-6-3-4-9-25(20)30)14-28-29-15-22-23(26)7-5-8-24(22)27/h3-14,29H,15-16H2,1-2H3/b28-14-. The molecule has 1 aromatic heterocycles. The Balaban J connectivity index is 1.60. The van der Waals surface area contributed by atoms with Crippen LogP contribution in [0.15, 0.2) is 71.8 Å². The maximum absolute atomic E-state index is 6.24. The largest absolute Gasteiger partial charge is 0.340 e. The Kier molecular flexibility index (Phi) is 6.12. The van der Waals surface area contributed by atoms with Gasteiger partial charge in [-0.3, -0.25) is 0 Å². The summed E-state index contributed by atoms with van der Waals surface area (Å²) in [6, 6.07) is 22.6. The average molecular weight is 436 g/mol. The predicted molar refractivity (Wildman–Crippen MR) is 128 cm³/mol. The van der Waals surface area contributed by atoms with E-state index in [4.69, 9.17) is 23.2 Å². The van der Waals surface area contributed by atoms with Gasteiger partial charge in [-0.15, -0.1) is 0 Å². The van der Waals surface area contributed by atoms with Gasteiger partial charge in [-0.2, -0.15) is 5.10 Å². The van der Waals surface area contributed by atoms with Gasteiger partial charge in [0.1, 0.15) is 0 Å². The van der Waals surface area contributed by atoms with Crippen molar-refractivity contribution in [3.05, 3.63) is 105 Å². The molecule has 0 saturated carbocycles. The van der Waals surface area contributed by atoms with Crippen LogP contribution in [-0.2, 0) is 13.1 Å². The van der Waals surface area contributed by atoms with Crippen molar-refractivity contribution in [2.75, 3.05) is 0 Å². The van der Waals surface area contributed by atoms with Gasteiger partial charge >= 0.3 is 0 Å². The van der Waals surface area contributed by atoms with Gasteiger partial charge in [0, 0.05) is 44.3 Å².